The van der Waals surface area contributed by atoms with Gasteiger partial charge >= 0.3 is 5.97 Å². The van der Waals surface area contributed by atoms with Gasteiger partial charge in [-0.1, -0.05) is 37.5 Å². The predicted octanol–water partition coefficient (Wildman–Crippen LogP) is 2.57. The van der Waals surface area contributed by atoms with E-state index in [2.05, 4.69) is 0 Å². The number of benzene rings is 1. The maximum atomic E-state index is 12.6. The minimum atomic E-state index is -0.965. The van der Waals surface area contributed by atoms with Crippen molar-refractivity contribution in [2.45, 2.75) is 44.9 Å². The van der Waals surface area contributed by atoms with E-state index in [0.29, 0.717) is 44.6 Å². The Bertz CT molecular complexity index is 689. The Balaban J connectivity index is 1.47. The SMILES string of the molecule is O=C(O)c1ccccc1CCC(=O)N1CCN(C(=O)C2CCCCC2)CC1. The van der Waals surface area contributed by atoms with Gasteiger partial charge in [0, 0.05) is 38.5 Å². The summed E-state index contributed by atoms with van der Waals surface area (Å²) in [5.41, 5.74) is 0.942. The van der Waals surface area contributed by atoms with Crippen molar-refractivity contribution < 1.29 is 19.5 Å². The normalized spacial score (nSPS) is 18.4. The topological polar surface area (TPSA) is 77.9 Å². The standard InChI is InChI=1S/C21H28N2O4/c24-19(11-10-16-6-4-5-9-18(16)21(26)27)22-12-14-23(15-13-22)20(25)17-7-2-1-3-8-17/h4-6,9,17H,1-3,7-8,10-15H2,(H,26,27). The number of aromatic carboxylic acids is 1. The van der Waals surface area contributed by atoms with Crippen molar-refractivity contribution in [3.05, 3.63) is 35.4 Å². The highest BCUT2D eigenvalue weighted by atomic mass is 16.4. The minimum Gasteiger partial charge on any atom is -0.478 e. The number of hydrogen-bond acceptors (Lipinski definition) is 3. The summed E-state index contributed by atoms with van der Waals surface area (Å²) in [5.74, 6) is -0.501. The fourth-order valence-corrected chi connectivity index (χ4v) is 4.13. The second-order valence-corrected chi connectivity index (χ2v) is 7.50. The van der Waals surface area contributed by atoms with Gasteiger partial charge in [-0.15, -0.1) is 0 Å². The molecule has 2 amide bonds. The molecule has 2 fully saturated rings. The van der Waals surface area contributed by atoms with Crippen molar-refractivity contribution >= 4 is 17.8 Å². The van der Waals surface area contributed by atoms with Crippen LogP contribution in [0, 0.1) is 5.92 Å². The van der Waals surface area contributed by atoms with Gasteiger partial charge in [0.05, 0.1) is 5.56 Å². The summed E-state index contributed by atoms with van der Waals surface area (Å²) in [6, 6.07) is 6.81. The van der Waals surface area contributed by atoms with Crippen LogP contribution in [0.3, 0.4) is 0 Å². The van der Waals surface area contributed by atoms with E-state index >= 15 is 0 Å². The highest BCUT2D eigenvalue weighted by Crippen LogP contribution is 2.26. The Morgan fingerprint density at radius 1 is 0.926 bits per heavy atom. The van der Waals surface area contributed by atoms with Crippen LogP contribution in [-0.2, 0) is 16.0 Å². The van der Waals surface area contributed by atoms with Gasteiger partial charge in [0.2, 0.25) is 11.8 Å². The number of piperazine rings is 1. The van der Waals surface area contributed by atoms with Crippen LogP contribution in [0.1, 0.15) is 54.4 Å². The number of aryl methyl sites for hydroxylation is 1. The summed E-state index contributed by atoms with van der Waals surface area (Å²) in [6.45, 7) is 2.34. The number of carbonyl (C=O) groups is 3. The molecule has 0 unspecified atom stereocenters. The molecule has 6 heteroatoms. The first kappa shape index (κ1) is 19.4. The number of hydrogen-bond donors (Lipinski definition) is 1. The average molecular weight is 372 g/mol. The molecule has 1 N–H and O–H groups in total. The quantitative estimate of drug-likeness (QED) is 0.862. The lowest BCUT2D eigenvalue weighted by atomic mass is 9.88. The van der Waals surface area contributed by atoms with Crippen molar-refractivity contribution in [3.8, 4) is 0 Å². The van der Waals surface area contributed by atoms with Crippen LogP contribution in [0.15, 0.2) is 24.3 Å². The second kappa shape index (κ2) is 9.02. The Morgan fingerprint density at radius 3 is 2.22 bits per heavy atom. The van der Waals surface area contributed by atoms with Crippen LogP contribution in [0.4, 0.5) is 0 Å². The summed E-state index contributed by atoms with van der Waals surface area (Å²) >= 11 is 0. The van der Waals surface area contributed by atoms with Gasteiger partial charge in [-0.2, -0.15) is 0 Å². The lowest BCUT2D eigenvalue weighted by Crippen LogP contribution is -2.52. The van der Waals surface area contributed by atoms with E-state index in [-0.39, 0.29) is 23.3 Å². The van der Waals surface area contributed by atoms with Gasteiger partial charge in [-0.25, -0.2) is 4.79 Å². The Kier molecular flexibility index (Phi) is 6.48. The van der Waals surface area contributed by atoms with E-state index in [1.54, 1.807) is 29.2 Å². The van der Waals surface area contributed by atoms with E-state index in [1.807, 2.05) is 4.90 Å². The Hall–Kier alpha value is -2.37. The molecule has 1 aliphatic carbocycles. The van der Waals surface area contributed by atoms with E-state index in [4.69, 9.17) is 0 Å². The van der Waals surface area contributed by atoms with Gasteiger partial charge in [-0.3, -0.25) is 9.59 Å². The molecule has 1 aromatic rings. The first-order chi connectivity index (χ1) is 13.1. The monoisotopic (exact) mass is 372 g/mol. The molecular weight excluding hydrogens is 344 g/mol. The molecule has 0 aromatic heterocycles. The summed E-state index contributed by atoms with van der Waals surface area (Å²) < 4.78 is 0. The predicted molar refractivity (Wildman–Crippen MR) is 101 cm³/mol. The molecule has 146 valence electrons. The number of amides is 2. The maximum Gasteiger partial charge on any atom is 0.335 e. The van der Waals surface area contributed by atoms with Gasteiger partial charge in [-0.05, 0) is 30.9 Å². The number of carbonyl (C=O) groups excluding carboxylic acids is 2. The molecule has 1 heterocycles. The first-order valence-corrected chi connectivity index (χ1v) is 9.94. The Morgan fingerprint density at radius 2 is 1.56 bits per heavy atom. The van der Waals surface area contributed by atoms with Gasteiger partial charge in [0.15, 0.2) is 0 Å². The minimum absolute atomic E-state index is 0.0277. The molecule has 0 atom stereocenters. The number of carboxylic acid groups (broad SMARTS) is 1. The molecule has 27 heavy (non-hydrogen) atoms. The zero-order valence-electron chi connectivity index (χ0n) is 15.7. The first-order valence-electron chi connectivity index (χ1n) is 9.94. The molecule has 0 radical (unpaired) electrons. The Labute approximate surface area is 160 Å². The summed E-state index contributed by atoms with van der Waals surface area (Å²) in [4.78, 5) is 40.1. The van der Waals surface area contributed by atoms with Gasteiger partial charge < -0.3 is 14.9 Å². The third kappa shape index (κ3) is 4.87. The molecule has 0 bridgehead atoms. The third-order valence-electron chi connectivity index (χ3n) is 5.75. The lowest BCUT2D eigenvalue weighted by molar-refractivity contribution is -0.142. The zero-order chi connectivity index (χ0) is 19.2. The summed E-state index contributed by atoms with van der Waals surface area (Å²) in [7, 11) is 0. The molecular formula is C21H28N2O4. The summed E-state index contributed by atoms with van der Waals surface area (Å²) in [6.07, 6.45) is 6.24. The molecule has 1 saturated carbocycles. The van der Waals surface area contributed by atoms with Gasteiger partial charge in [0.1, 0.15) is 0 Å². The van der Waals surface area contributed by atoms with Crippen molar-refractivity contribution in [1.29, 1.82) is 0 Å². The maximum absolute atomic E-state index is 12.6. The van der Waals surface area contributed by atoms with E-state index < -0.39 is 5.97 Å². The van der Waals surface area contributed by atoms with Crippen molar-refractivity contribution in [1.82, 2.24) is 9.80 Å². The van der Waals surface area contributed by atoms with Crippen molar-refractivity contribution in [2.24, 2.45) is 5.92 Å². The second-order valence-electron chi connectivity index (χ2n) is 7.50. The van der Waals surface area contributed by atoms with Crippen molar-refractivity contribution in [2.75, 3.05) is 26.2 Å². The van der Waals surface area contributed by atoms with E-state index in [0.717, 1.165) is 25.7 Å². The van der Waals surface area contributed by atoms with Crippen molar-refractivity contribution in [3.63, 3.8) is 0 Å². The highest BCUT2D eigenvalue weighted by molar-refractivity contribution is 5.89. The van der Waals surface area contributed by atoms with Crippen LogP contribution >= 0.6 is 0 Å². The van der Waals surface area contributed by atoms with Crippen LogP contribution < -0.4 is 0 Å². The number of carboxylic acids is 1. The van der Waals surface area contributed by atoms with Crippen LogP contribution in [0.25, 0.3) is 0 Å². The average Bonchev–Trinajstić information content (AvgIpc) is 2.72. The molecule has 3 rings (SSSR count). The van der Waals surface area contributed by atoms with Crippen LogP contribution in [-0.4, -0.2) is 58.9 Å². The molecule has 1 aliphatic heterocycles. The molecule has 1 aromatic carbocycles. The van der Waals surface area contributed by atoms with E-state index in [1.165, 1.54) is 6.42 Å². The smallest absolute Gasteiger partial charge is 0.335 e. The summed E-state index contributed by atoms with van der Waals surface area (Å²) in [5, 5.41) is 9.24. The fraction of sp³-hybridized carbons (Fsp3) is 0.571. The van der Waals surface area contributed by atoms with Gasteiger partial charge in [0.25, 0.3) is 0 Å². The third-order valence-corrected chi connectivity index (χ3v) is 5.75. The molecule has 0 spiro atoms. The lowest BCUT2D eigenvalue weighted by Gasteiger charge is -2.37. The number of rotatable bonds is 5. The molecule has 2 aliphatic rings. The zero-order valence-corrected chi connectivity index (χ0v) is 15.7. The fourth-order valence-electron chi connectivity index (χ4n) is 4.13. The molecule has 1 saturated heterocycles. The molecule has 6 nitrogen and oxygen atoms in total. The van der Waals surface area contributed by atoms with E-state index in [9.17, 15) is 19.5 Å². The largest absolute Gasteiger partial charge is 0.478 e. The van der Waals surface area contributed by atoms with Crippen LogP contribution in [0.5, 0.6) is 0 Å². The van der Waals surface area contributed by atoms with Crippen LogP contribution in [0.2, 0.25) is 0 Å². The highest BCUT2D eigenvalue weighted by Gasteiger charge is 2.29. The number of nitrogens with zero attached hydrogens (tertiary/aromatic N) is 2.